The number of imide groups is 1. The molecule has 0 saturated carbocycles. The number of aromatic amines is 1. The van der Waals surface area contributed by atoms with Gasteiger partial charge in [0.2, 0.25) is 11.8 Å². The molecule has 0 aliphatic carbocycles. The topological polar surface area (TPSA) is 169 Å². The molecule has 15 heteroatoms. The standard InChI is InChI=1S/C49H57N11O4/c1-30-25-35(9-13-39(30)32(3)51-46(62)45-53-47(64-56-45)49(4,5)6)43-40-27-36(28-50-44(40)55-54-43)34-7-10-37(11-8-34)58-23-21-57(22-24-58)29-33-15-18-59(19-16-33)41-14-12-38(26-31(41)2)60-20-17-42(61)52-48(60)63/h7-14,25-28,32-33H,15-24,29H2,1-6H3,(H,51,62)(H,50,54,55)(H,52,61,63)/t32-/m1/s1. The molecule has 3 aliphatic rings. The Morgan fingerprint density at radius 2 is 1.58 bits per heavy atom. The average molecular weight is 864 g/mol. The van der Waals surface area contributed by atoms with Crippen LogP contribution in [0.25, 0.3) is 33.4 Å². The molecule has 0 bridgehead atoms. The van der Waals surface area contributed by atoms with Crippen LogP contribution in [0.5, 0.6) is 0 Å². The fourth-order valence-corrected chi connectivity index (χ4v) is 9.30. The second-order valence-corrected chi connectivity index (χ2v) is 18.6. The molecular weight excluding hydrogens is 807 g/mol. The monoisotopic (exact) mass is 863 g/mol. The van der Waals surface area contributed by atoms with Gasteiger partial charge in [-0.2, -0.15) is 10.1 Å². The number of piperidine rings is 1. The molecule has 3 aromatic heterocycles. The number of hydrogen-bond donors (Lipinski definition) is 3. The summed E-state index contributed by atoms with van der Waals surface area (Å²) in [6.45, 7) is 19.7. The first-order valence-corrected chi connectivity index (χ1v) is 22.4. The van der Waals surface area contributed by atoms with Crippen molar-refractivity contribution in [3.8, 4) is 22.4 Å². The number of aromatic nitrogens is 5. The summed E-state index contributed by atoms with van der Waals surface area (Å²) in [6, 6.07) is 22.7. The zero-order valence-corrected chi connectivity index (χ0v) is 37.6. The van der Waals surface area contributed by atoms with E-state index in [0.29, 0.717) is 30.4 Å². The van der Waals surface area contributed by atoms with Gasteiger partial charge in [-0.3, -0.25) is 29.8 Å². The van der Waals surface area contributed by atoms with Crippen molar-refractivity contribution < 1.29 is 18.9 Å². The third kappa shape index (κ3) is 8.94. The van der Waals surface area contributed by atoms with Gasteiger partial charge in [-0.1, -0.05) is 50.2 Å². The Morgan fingerprint density at radius 1 is 0.844 bits per heavy atom. The predicted octanol–water partition coefficient (Wildman–Crippen LogP) is 7.57. The zero-order chi connectivity index (χ0) is 44.7. The Kier molecular flexibility index (Phi) is 11.7. The Balaban J connectivity index is 0.771. The van der Waals surface area contributed by atoms with Gasteiger partial charge >= 0.3 is 6.03 Å². The minimum absolute atomic E-state index is 0.0246. The molecule has 3 aromatic carbocycles. The lowest BCUT2D eigenvalue weighted by Gasteiger charge is -2.40. The van der Waals surface area contributed by atoms with Gasteiger partial charge in [-0.05, 0) is 104 Å². The Labute approximate surface area is 373 Å². The zero-order valence-electron chi connectivity index (χ0n) is 37.6. The highest BCUT2D eigenvalue weighted by atomic mass is 16.5. The molecule has 1 atom stereocenters. The maximum Gasteiger partial charge on any atom is 0.328 e. The van der Waals surface area contributed by atoms with E-state index < -0.39 is 0 Å². The molecule has 0 spiro atoms. The van der Waals surface area contributed by atoms with Crippen LogP contribution in [0.1, 0.15) is 86.2 Å². The number of urea groups is 1. The van der Waals surface area contributed by atoms with Crippen LogP contribution in [0.2, 0.25) is 0 Å². The molecule has 9 rings (SSSR count). The molecule has 15 nitrogen and oxygen atoms in total. The number of benzene rings is 3. The molecule has 6 heterocycles. The molecule has 0 unspecified atom stereocenters. The third-order valence-electron chi connectivity index (χ3n) is 13.0. The lowest BCUT2D eigenvalue weighted by Crippen LogP contribution is -2.49. The van der Waals surface area contributed by atoms with Gasteiger partial charge in [0.25, 0.3) is 11.7 Å². The Hall–Kier alpha value is -6.61. The summed E-state index contributed by atoms with van der Waals surface area (Å²) < 4.78 is 5.32. The van der Waals surface area contributed by atoms with Gasteiger partial charge in [0.05, 0.1) is 11.7 Å². The van der Waals surface area contributed by atoms with Crippen LogP contribution in [0.3, 0.4) is 0 Å². The Morgan fingerprint density at radius 3 is 2.27 bits per heavy atom. The van der Waals surface area contributed by atoms with Crippen LogP contribution in [0.15, 0.2) is 77.4 Å². The predicted molar refractivity (Wildman–Crippen MR) is 249 cm³/mol. The number of fused-ring (bicyclic) bond motifs is 1. The van der Waals surface area contributed by atoms with E-state index in [1.807, 2.05) is 59.0 Å². The van der Waals surface area contributed by atoms with Crippen molar-refractivity contribution >= 4 is 45.9 Å². The van der Waals surface area contributed by atoms with E-state index in [0.717, 1.165) is 109 Å². The molecule has 332 valence electrons. The normalized spacial score (nSPS) is 17.2. The number of nitrogens with zero attached hydrogens (tertiary/aromatic N) is 8. The van der Waals surface area contributed by atoms with E-state index in [9.17, 15) is 14.4 Å². The van der Waals surface area contributed by atoms with Crippen LogP contribution in [0.4, 0.5) is 21.9 Å². The van der Waals surface area contributed by atoms with E-state index in [2.05, 4.69) is 101 Å². The summed E-state index contributed by atoms with van der Waals surface area (Å²) in [6.07, 6.45) is 4.53. The van der Waals surface area contributed by atoms with Crippen LogP contribution in [0, 0.1) is 19.8 Å². The van der Waals surface area contributed by atoms with Gasteiger partial charge in [0.15, 0.2) is 5.65 Å². The fourth-order valence-electron chi connectivity index (χ4n) is 9.30. The van der Waals surface area contributed by atoms with Gasteiger partial charge in [0.1, 0.15) is 0 Å². The molecule has 3 aliphatic heterocycles. The summed E-state index contributed by atoms with van der Waals surface area (Å²) in [5.74, 6) is 0.524. The summed E-state index contributed by atoms with van der Waals surface area (Å²) in [5.41, 5.74) is 10.8. The fraction of sp³-hybridized carbons (Fsp3) is 0.408. The van der Waals surface area contributed by atoms with E-state index in [-0.39, 0.29) is 35.1 Å². The number of carbonyl (C=O) groups excluding carboxylic acids is 3. The van der Waals surface area contributed by atoms with E-state index in [4.69, 9.17) is 9.51 Å². The number of H-pyrrole nitrogens is 1. The lowest BCUT2D eigenvalue weighted by molar-refractivity contribution is -0.120. The molecule has 3 fully saturated rings. The smallest absolute Gasteiger partial charge is 0.328 e. The van der Waals surface area contributed by atoms with Crippen molar-refractivity contribution in [3.63, 3.8) is 0 Å². The van der Waals surface area contributed by atoms with E-state index in [1.165, 1.54) is 11.4 Å². The molecule has 64 heavy (non-hydrogen) atoms. The number of nitrogens with one attached hydrogen (secondary N) is 3. The largest absolute Gasteiger partial charge is 0.371 e. The molecule has 3 N–H and O–H groups in total. The molecule has 3 saturated heterocycles. The van der Waals surface area contributed by atoms with Gasteiger partial charge in [0, 0.05) is 104 Å². The van der Waals surface area contributed by atoms with Gasteiger partial charge < -0.3 is 19.6 Å². The second-order valence-electron chi connectivity index (χ2n) is 18.6. The first-order chi connectivity index (χ1) is 30.8. The first kappa shape index (κ1) is 42.7. The molecule has 4 amide bonds. The molecular formula is C49H57N11O4. The molecule has 0 radical (unpaired) electrons. The SMILES string of the molecule is Cc1cc(-c2[nH]nc3ncc(-c4ccc(N5CCN(CC6CCN(c7ccc(N8CCC(=O)NC8=O)cc7C)CC6)CC5)cc4)cc23)ccc1[C@@H](C)NC(=O)c1noc(C(C)(C)C)n1. The Bertz CT molecular complexity index is 2690. The highest BCUT2D eigenvalue weighted by molar-refractivity contribution is 6.05. The third-order valence-corrected chi connectivity index (χ3v) is 13.0. The van der Waals surface area contributed by atoms with E-state index in [1.54, 1.807) is 4.90 Å². The number of rotatable bonds is 10. The molecule has 6 aromatic rings. The van der Waals surface area contributed by atoms with Crippen LogP contribution >= 0.6 is 0 Å². The number of pyridine rings is 1. The summed E-state index contributed by atoms with van der Waals surface area (Å²) >= 11 is 0. The number of aryl methyl sites for hydroxylation is 2. The van der Waals surface area contributed by atoms with Crippen LogP contribution < -0.4 is 25.3 Å². The van der Waals surface area contributed by atoms with Crippen LogP contribution in [-0.2, 0) is 10.2 Å². The number of hydrogen-bond acceptors (Lipinski definition) is 11. The van der Waals surface area contributed by atoms with Crippen molar-refractivity contribution in [2.75, 3.05) is 67.1 Å². The highest BCUT2D eigenvalue weighted by Gasteiger charge is 2.28. The van der Waals surface area contributed by atoms with Crippen molar-refractivity contribution in [1.29, 1.82) is 0 Å². The van der Waals surface area contributed by atoms with Crippen molar-refractivity contribution in [2.24, 2.45) is 5.92 Å². The highest BCUT2D eigenvalue weighted by Crippen LogP contribution is 2.34. The van der Waals surface area contributed by atoms with Crippen molar-refractivity contribution in [1.82, 2.24) is 40.9 Å². The van der Waals surface area contributed by atoms with E-state index >= 15 is 0 Å². The lowest BCUT2D eigenvalue weighted by atomic mass is 9.95. The van der Waals surface area contributed by atoms with Gasteiger partial charge in [-0.25, -0.2) is 9.78 Å². The second kappa shape index (κ2) is 17.5. The summed E-state index contributed by atoms with van der Waals surface area (Å²) in [4.78, 5) is 55.2. The minimum atomic E-state index is -0.381. The van der Waals surface area contributed by atoms with Crippen LogP contribution in [-0.4, -0.2) is 100 Å². The quantitative estimate of drug-likeness (QED) is 0.124. The van der Waals surface area contributed by atoms with Gasteiger partial charge in [-0.15, -0.1) is 0 Å². The minimum Gasteiger partial charge on any atom is -0.371 e. The number of carbonyl (C=O) groups is 3. The maximum absolute atomic E-state index is 13.0. The number of amides is 4. The summed E-state index contributed by atoms with van der Waals surface area (Å²) in [7, 11) is 0. The average Bonchev–Trinajstić information content (AvgIpc) is 3.96. The van der Waals surface area contributed by atoms with Crippen molar-refractivity contribution in [2.45, 2.75) is 72.3 Å². The number of anilines is 3. The van der Waals surface area contributed by atoms with Crippen molar-refractivity contribution in [3.05, 3.63) is 101 Å². The first-order valence-electron chi connectivity index (χ1n) is 22.4. The summed E-state index contributed by atoms with van der Waals surface area (Å²) in [5, 5.41) is 18.0. The number of piperazine rings is 1. The maximum atomic E-state index is 13.0.